The fourth-order valence-electron chi connectivity index (χ4n) is 7.32. The molecule has 348 valence electrons. The van der Waals surface area contributed by atoms with Crippen LogP contribution < -0.4 is 42.5 Å². The van der Waals surface area contributed by atoms with E-state index in [1.54, 1.807) is 12.1 Å². The Hall–Kier alpha value is -4.57. The summed E-state index contributed by atoms with van der Waals surface area (Å²) in [6, 6.07) is 25.5. The number of hydrogen-bond donors (Lipinski definition) is 5. The van der Waals surface area contributed by atoms with Crippen molar-refractivity contribution in [3.8, 4) is 0 Å². The van der Waals surface area contributed by atoms with Gasteiger partial charge in [-0.2, -0.15) is 11.8 Å². The van der Waals surface area contributed by atoms with Gasteiger partial charge >= 0.3 is 12.0 Å². The number of esters is 1. The first-order chi connectivity index (χ1) is 31.3. The number of unbranched alkanes of at least 4 members (excludes halogenated alkanes) is 3. The maximum absolute atomic E-state index is 13.3. The number of thioether (sulfide) groups is 1. The van der Waals surface area contributed by atoms with Crippen molar-refractivity contribution >= 4 is 65.3 Å². The molecule has 0 bridgehead atoms. The van der Waals surface area contributed by atoms with Gasteiger partial charge < -0.3 is 50.3 Å². The Morgan fingerprint density at radius 2 is 1.25 bits per heavy atom. The van der Waals surface area contributed by atoms with Gasteiger partial charge in [-0.1, -0.05) is 67.1 Å². The maximum atomic E-state index is 13.3. The lowest BCUT2D eigenvalue weighted by molar-refractivity contribution is -0.122. The van der Waals surface area contributed by atoms with Gasteiger partial charge in [0, 0.05) is 54.3 Å². The summed E-state index contributed by atoms with van der Waals surface area (Å²) in [7, 11) is 0.220. The number of urea groups is 1. The molecule has 2 aliphatic rings. The van der Waals surface area contributed by atoms with Crippen LogP contribution in [0.3, 0.4) is 0 Å². The summed E-state index contributed by atoms with van der Waals surface area (Å²) in [5, 5.41) is 18.1. The molecule has 3 aromatic carbocycles. The number of carbonyl (C=O) groups excluding carboxylic acids is 5. The monoisotopic (exact) mass is 921 g/mol. The normalized spacial score (nSPS) is 16.5. The van der Waals surface area contributed by atoms with E-state index in [4.69, 9.17) is 23.7 Å². The Morgan fingerprint density at radius 3 is 1.91 bits per heavy atom. The molecule has 64 heavy (non-hydrogen) atoms. The first-order valence-corrected chi connectivity index (χ1v) is 24.7. The average Bonchev–Trinajstić information content (AvgIpc) is 3.88. The van der Waals surface area contributed by atoms with Gasteiger partial charge in [-0.15, -0.1) is 0 Å². The minimum Gasteiger partial charge on any atom is -0.465 e. The molecular weight excluding hydrogens is 858 g/mol. The number of methoxy groups -OCH3 is 1. The molecule has 0 radical (unpaired) electrons. The van der Waals surface area contributed by atoms with Crippen LogP contribution in [0.1, 0.15) is 72.1 Å². The Balaban J connectivity index is 0.807. The van der Waals surface area contributed by atoms with Crippen molar-refractivity contribution in [3.63, 3.8) is 0 Å². The van der Waals surface area contributed by atoms with Gasteiger partial charge in [0.05, 0.1) is 77.6 Å². The molecule has 15 nitrogen and oxygen atoms in total. The Bertz CT molecular complexity index is 1860. The van der Waals surface area contributed by atoms with E-state index < -0.39 is 13.9 Å². The summed E-state index contributed by atoms with van der Waals surface area (Å²) < 4.78 is 27.2. The molecule has 5 N–H and O–H groups in total. The van der Waals surface area contributed by atoms with Crippen molar-refractivity contribution in [1.29, 1.82) is 0 Å². The Morgan fingerprint density at radius 1 is 0.656 bits per heavy atom. The highest BCUT2D eigenvalue weighted by molar-refractivity contribution is 8.00. The minimum atomic E-state index is -1.14. The molecular formula is C47H64N5O10PS. The second-order valence-corrected chi connectivity index (χ2v) is 18.8. The van der Waals surface area contributed by atoms with E-state index in [1.165, 1.54) is 7.11 Å². The zero-order chi connectivity index (χ0) is 45.2. The van der Waals surface area contributed by atoms with Crippen molar-refractivity contribution < 1.29 is 47.7 Å². The second-order valence-electron chi connectivity index (χ2n) is 15.3. The van der Waals surface area contributed by atoms with Crippen LogP contribution in [0.25, 0.3) is 0 Å². The first-order valence-electron chi connectivity index (χ1n) is 22.3. The Kier molecular flexibility index (Phi) is 22.9. The zero-order valence-corrected chi connectivity index (χ0v) is 38.5. The molecule has 0 aromatic heterocycles. The number of ether oxygens (including phenoxy) is 5. The number of nitrogens with one attached hydrogen (secondary N) is 5. The summed E-state index contributed by atoms with van der Waals surface area (Å²) in [4.78, 5) is 62.0. The lowest BCUT2D eigenvalue weighted by atomic mass is 10.0. The number of hydrogen-bond acceptors (Lipinski definition) is 11. The molecule has 5 rings (SSSR count). The van der Waals surface area contributed by atoms with Crippen molar-refractivity contribution in [2.75, 3.05) is 85.4 Å². The molecule has 3 aromatic rings. The van der Waals surface area contributed by atoms with E-state index in [2.05, 4.69) is 26.6 Å². The van der Waals surface area contributed by atoms with Gasteiger partial charge in [0.25, 0.3) is 5.91 Å². The molecule has 0 aliphatic carbocycles. The van der Waals surface area contributed by atoms with Crippen LogP contribution in [-0.4, -0.2) is 132 Å². The van der Waals surface area contributed by atoms with E-state index in [0.29, 0.717) is 95.3 Å². The third-order valence-corrected chi connectivity index (χ3v) is 14.6. The highest BCUT2D eigenvalue weighted by Crippen LogP contribution is 2.35. The second kappa shape index (κ2) is 29.1. The van der Waals surface area contributed by atoms with Crippen LogP contribution in [0.5, 0.6) is 0 Å². The third kappa shape index (κ3) is 17.4. The summed E-state index contributed by atoms with van der Waals surface area (Å²) in [5.74, 6) is 0.237. The predicted octanol–water partition coefficient (Wildman–Crippen LogP) is 3.55. The fraction of sp³-hybridized carbons (Fsp3) is 0.511. The molecule has 0 spiro atoms. The molecule has 2 aliphatic heterocycles. The van der Waals surface area contributed by atoms with Gasteiger partial charge in [-0.05, 0) is 68.8 Å². The average molecular weight is 922 g/mol. The van der Waals surface area contributed by atoms with Crippen LogP contribution in [0.2, 0.25) is 0 Å². The number of amides is 5. The van der Waals surface area contributed by atoms with E-state index >= 15 is 0 Å². The van der Waals surface area contributed by atoms with E-state index in [1.807, 2.05) is 78.5 Å². The fourth-order valence-corrected chi connectivity index (χ4v) is 11.3. The lowest BCUT2D eigenvalue weighted by Gasteiger charge is -2.22. The van der Waals surface area contributed by atoms with E-state index in [0.717, 1.165) is 60.2 Å². The van der Waals surface area contributed by atoms with Crippen molar-refractivity contribution in [3.05, 3.63) is 90.0 Å². The van der Waals surface area contributed by atoms with E-state index in [9.17, 15) is 24.0 Å². The molecule has 5 amide bonds. The van der Waals surface area contributed by atoms with Crippen LogP contribution in [0.4, 0.5) is 4.79 Å². The molecule has 3 unspecified atom stereocenters. The highest BCUT2D eigenvalue weighted by Gasteiger charge is 2.42. The zero-order valence-electron chi connectivity index (χ0n) is 36.8. The molecule has 2 saturated heterocycles. The standard InChI is InChI=1S/C47H64N5O10PS/c1-58-46(56)38-20-19-35(33-40(38)63(36-13-5-2-6-14-36)37-15-7-3-8-16-37)45(55)50-23-12-4-11-22-48-43(54)21-25-59-27-29-61-31-32-62-30-28-60-26-24-49-42(53)18-10-9-17-41-44-39(34-64-41)51-47(57)52-44/h2-3,5-8,13-16,19-20,33,39,41,44H,4,9-12,17-18,21-32,34H2,1H3,(H,48,54)(H,49,53)(H,50,55)(H2,51,52,57). The van der Waals surface area contributed by atoms with Gasteiger partial charge in [-0.25, -0.2) is 9.59 Å². The molecule has 17 heteroatoms. The third-order valence-electron chi connectivity index (χ3n) is 10.6. The van der Waals surface area contributed by atoms with Crippen LogP contribution in [-0.2, 0) is 33.3 Å². The SMILES string of the molecule is COC(=O)c1ccc(C(=O)NCCCCCNC(=O)CCOCCOCCOCCOCCNC(=O)CCCCC2SCC3NC(=O)NC32)cc1P(c1ccccc1)c1ccccc1. The van der Waals surface area contributed by atoms with Crippen molar-refractivity contribution in [1.82, 2.24) is 26.6 Å². The smallest absolute Gasteiger partial charge is 0.338 e. The van der Waals surface area contributed by atoms with Gasteiger partial charge in [-0.3, -0.25) is 14.4 Å². The van der Waals surface area contributed by atoms with Crippen molar-refractivity contribution in [2.24, 2.45) is 0 Å². The molecule has 2 heterocycles. The molecule has 0 saturated carbocycles. The Labute approximate surface area is 382 Å². The maximum Gasteiger partial charge on any atom is 0.338 e. The van der Waals surface area contributed by atoms with Crippen molar-refractivity contribution in [2.45, 2.75) is 68.7 Å². The quantitative estimate of drug-likeness (QED) is 0.0275. The van der Waals surface area contributed by atoms with Crippen LogP contribution in [0, 0.1) is 0 Å². The number of rotatable bonds is 31. The molecule has 3 atom stereocenters. The van der Waals surface area contributed by atoms with Crippen LogP contribution >= 0.6 is 19.7 Å². The predicted molar refractivity (Wildman–Crippen MR) is 251 cm³/mol. The number of benzene rings is 3. The van der Waals surface area contributed by atoms with Gasteiger partial charge in [0.2, 0.25) is 11.8 Å². The summed E-state index contributed by atoms with van der Waals surface area (Å²) in [6.45, 7) is 4.70. The molecule has 2 fully saturated rings. The van der Waals surface area contributed by atoms with Gasteiger partial charge in [0.15, 0.2) is 0 Å². The summed E-state index contributed by atoms with van der Waals surface area (Å²) in [6.07, 6.45) is 5.90. The largest absolute Gasteiger partial charge is 0.465 e. The summed E-state index contributed by atoms with van der Waals surface area (Å²) >= 11 is 1.89. The van der Waals surface area contributed by atoms with Crippen LogP contribution in [0.15, 0.2) is 78.9 Å². The number of carbonyl (C=O) groups is 5. The summed E-state index contributed by atoms with van der Waals surface area (Å²) in [5.41, 5.74) is 0.911. The first kappa shape index (κ1) is 50.4. The highest BCUT2D eigenvalue weighted by atomic mass is 32.2. The number of fused-ring (bicyclic) bond motifs is 1. The lowest BCUT2D eigenvalue weighted by Crippen LogP contribution is -2.36. The van der Waals surface area contributed by atoms with Gasteiger partial charge in [0.1, 0.15) is 0 Å². The minimum absolute atomic E-state index is 0.0257. The van der Waals surface area contributed by atoms with E-state index in [-0.39, 0.29) is 42.3 Å². The topological polar surface area (TPSA) is 192 Å².